The second kappa shape index (κ2) is 9.30. The highest BCUT2D eigenvalue weighted by Crippen LogP contribution is 2.39. The molecule has 4 N–H and O–H groups in total. The minimum atomic E-state index is -1.96. The summed E-state index contributed by atoms with van der Waals surface area (Å²) in [5, 5.41) is 43.2. The molecular formula is C22H32O8. The van der Waals surface area contributed by atoms with Crippen LogP contribution in [0.25, 0.3) is 0 Å². The lowest BCUT2D eigenvalue weighted by molar-refractivity contribution is -0.359. The minimum Gasteiger partial charge on any atom is -0.455 e. The van der Waals surface area contributed by atoms with Crippen LogP contribution >= 0.6 is 0 Å². The number of benzene rings is 1. The van der Waals surface area contributed by atoms with Gasteiger partial charge in [-0.1, -0.05) is 44.2 Å². The van der Waals surface area contributed by atoms with Gasteiger partial charge in [-0.15, -0.1) is 0 Å². The monoisotopic (exact) mass is 424 g/mol. The first-order chi connectivity index (χ1) is 14.2. The number of methoxy groups -OCH3 is 1. The molecule has 2 heterocycles. The number of rotatable bonds is 2. The maximum atomic E-state index is 12.6. The van der Waals surface area contributed by atoms with Gasteiger partial charge in [0.25, 0.3) is 0 Å². The lowest BCUT2D eigenvalue weighted by Gasteiger charge is -2.49. The zero-order valence-corrected chi connectivity index (χ0v) is 17.5. The summed E-state index contributed by atoms with van der Waals surface area (Å²) in [5.74, 6) is -3.21. The van der Waals surface area contributed by atoms with Gasteiger partial charge in [-0.05, 0) is 23.8 Å². The van der Waals surface area contributed by atoms with E-state index in [1.807, 2.05) is 19.9 Å². The summed E-state index contributed by atoms with van der Waals surface area (Å²) in [7, 11) is 1.30. The third-order valence-corrected chi connectivity index (χ3v) is 6.31. The first-order valence-electron chi connectivity index (χ1n) is 10.4. The predicted octanol–water partition coefficient (Wildman–Crippen LogP) is 0.912. The summed E-state index contributed by atoms with van der Waals surface area (Å²) < 4.78 is 16.6. The normalized spacial score (nSPS) is 43.2. The van der Waals surface area contributed by atoms with Gasteiger partial charge in [-0.25, -0.2) is 0 Å². The van der Waals surface area contributed by atoms with E-state index in [4.69, 9.17) is 14.2 Å². The largest absolute Gasteiger partial charge is 0.455 e. The van der Waals surface area contributed by atoms with Crippen molar-refractivity contribution in [1.82, 2.24) is 0 Å². The topological polar surface area (TPSA) is 126 Å². The van der Waals surface area contributed by atoms with Crippen LogP contribution in [0.2, 0.25) is 0 Å². The number of cyclic esters (lactones) is 1. The first-order valence-corrected chi connectivity index (χ1v) is 10.4. The first kappa shape index (κ1) is 23.1. The highest BCUT2D eigenvalue weighted by molar-refractivity contribution is 5.70. The molecule has 0 saturated carbocycles. The average molecular weight is 424 g/mol. The highest BCUT2D eigenvalue weighted by atomic mass is 16.7. The molecule has 8 nitrogen and oxygen atoms in total. The Balaban J connectivity index is 1.94. The number of fused-ring (bicyclic) bond motifs is 2. The fraction of sp³-hybridized carbons (Fsp3) is 0.682. The van der Waals surface area contributed by atoms with Crippen molar-refractivity contribution >= 4 is 5.97 Å². The van der Waals surface area contributed by atoms with E-state index in [1.54, 1.807) is 24.3 Å². The standard InChI is InChI=1S/C22H32O8/c1-12-11-13(2)19-17(25)18(26)21(28-3)22(27,30-19)10-9-15(23)29-20(16(12)24)14-7-5-4-6-8-14/h4-8,12-13,16-21,24-27H,9-11H2,1-3H3/t12-,13?,16-,17+,18+,19+,20?,21?,22?/m1/s1. The van der Waals surface area contributed by atoms with E-state index >= 15 is 0 Å². The Morgan fingerprint density at radius 1 is 1.03 bits per heavy atom. The molecule has 1 aromatic carbocycles. The van der Waals surface area contributed by atoms with Crippen LogP contribution in [0.1, 0.15) is 44.8 Å². The average Bonchev–Trinajstić information content (AvgIpc) is 2.73. The van der Waals surface area contributed by atoms with Crippen LogP contribution in [-0.4, -0.2) is 69.8 Å². The second-order valence-electron chi connectivity index (χ2n) is 8.57. The molecule has 2 saturated heterocycles. The zero-order valence-electron chi connectivity index (χ0n) is 17.5. The van der Waals surface area contributed by atoms with Gasteiger partial charge in [0.15, 0.2) is 11.9 Å². The van der Waals surface area contributed by atoms with E-state index in [2.05, 4.69) is 0 Å². The number of hydrogen-bond acceptors (Lipinski definition) is 8. The van der Waals surface area contributed by atoms with Gasteiger partial charge in [-0.3, -0.25) is 4.79 Å². The van der Waals surface area contributed by atoms with Gasteiger partial charge < -0.3 is 34.6 Å². The van der Waals surface area contributed by atoms with E-state index in [0.29, 0.717) is 12.0 Å². The fourth-order valence-corrected chi connectivity index (χ4v) is 4.61. The molecule has 0 aliphatic carbocycles. The van der Waals surface area contributed by atoms with E-state index in [0.717, 1.165) is 0 Å². The van der Waals surface area contributed by atoms with E-state index in [-0.39, 0.29) is 24.7 Å². The molecule has 1 aromatic rings. The Kier molecular flexibility index (Phi) is 7.16. The molecule has 2 fully saturated rings. The summed E-state index contributed by atoms with van der Waals surface area (Å²) >= 11 is 0. The summed E-state index contributed by atoms with van der Waals surface area (Å²) in [4.78, 5) is 12.6. The second-order valence-corrected chi connectivity index (χ2v) is 8.57. The number of esters is 1. The molecule has 8 heteroatoms. The van der Waals surface area contributed by atoms with E-state index in [9.17, 15) is 25.2 Å². The van der Waals surface area contributed by atoms with Crippen LogP contribution in [0.3, 0.4) is 0 Å². The molecule has 0 radical (unpaired) electrons. The fourth-order valence-electron chi connectivity index (χ4n) is 4.61. The van der Waals surface area contributed by atoms with Crippen molar-refractivity contribution < 1.29 is 39.4 Å². The maximum Gasteiger partial charge on any atom is 0.306 e. The third-order valence-electron chi connectivity index (χ3n) is 6.31. The van der Waals surface area contributed by atoms with Crippen molar-refractivity contribution in [3.63, 3.8) is 0 Å². The highest BCUT2D eigenvalue weighted by Gasteiger charge is 2.55. The van der Waals surface area contributed by atoms with Gasteiger partial charge >= 0.3 is 5.97 Å². The molecule has 168 valence electrons. The van der Waals surface area contributed by atoms with Crippen LogP contribution in [0.5, 0.6) is 0 Å². The molecule has 2 aliphatic heterocycles. The van der Waals surface area contributed by atoms with Crippen LogP contribution in [0.4, 0.5) is 0 Å². The lowest BCUT2D eigenvalue weighted by atomic mass is 9.80. The smallest absolute Gasteiger partial charge is 0.306 e. The summed E-state index contributed by atoms with van der Waals surface area (Å²) in [6.07, 6.45) is -6.62. The summed E-state index contributed by atoms with van der Waals surface area (Å²) in [6.45, 7) is 3.65. The molecule has 0 amide bonds. The quantitative estimate of drug-likeness (QED) is 0.516. The van der Waals surface area contributed by atoms with Crippen molar-refractivity contribution in [3.8, 4) is 0 Å². The third kappa shape index (κ3) is 4.54. The van der Waals surface area contributed by atoms with Gasteiger partial charge in [-0.2, -0.15) is 0 Å². The van der Waals surface area contributed by atoms with Crippen molar-refractivity contribution in [2.45, 2.75) is 75.5 Å². The molecule has 2 bridgehead atoms. The SMILES string of the molecule is COC1[C@@H](O)[C@H](O)[C@H]2OC1(O)CCC(=O)OC(c1ccccc1)[C@H](O)[C@H](C)CC2C. The van der Waals surface area contributed by atoms with Crippen molar-refractivity contribution in [3.05, 3.63) is 35.9 Å². The molecular weight excluding hydrogens is 392 g/mol. The molecule has 9 atom stereocenters. The molecule has 4 unspecified atom stereocenters. The Hall–Kier alpha value is -1.55. The molecule has 2 aliphatic rings. The summed E-state index contributed by atoms with van der Waals surface area (Å²) in [6, 6.07) is 9.03. The predicted molar refractivity (Wildman–Crippen MR) is 106 cm³/mol. The number of carbonyl (C=O) groups excluding carboxylic acids is 1. The van der Waals surface area contributed by atoms with Crippen molar-refractivity contribution in [2.24, 2.45) is 11.8 Å². The molecule has 30 heavy (non-hydrogen) atoms. The number of carbonyl (C=O) groups is 1. The Bertz CT molecular complexity index is 712. The molecule has 0 spiro atoms. The van der Waals surface area contributed by atoms with Crippen LogP contribution in [-0.2, 0) is 19.0 Å². The Morgan fingerprint density at radius 3 is 2.33 bits per heavy atom. The Labute approximate surface area is 176 Å². The van der Waals surface area contributed by atoms with Gasteiger partial charge in [0.2, 0.25) is 0 Å². The zero-order chi connectivity index (χ0) is 22.1. The molecule has 3 rings (SSSR count). The number of aliphatic hydroxyl groups excluding tert-OH is 3. The molecule has 0 aromatic heterocycles. The van der Waals surface area contributed by atoms with E-state index < -0.39 is 48.4 Å². The minimum absolute atomic E-state index is 0.190. The van der Waals surface area contributed by atoms with Crippen LogP contribution < -0.4 is 0 Å². The maximum absolute atomic E-state index is 12.6. The number of ether oxygens (including phenoxy) is 3. The van der Waals surface area contributed by atoms with Gasteiger partial charge in [0.1, 0.15) is 18.3 Å². The van der Waals surface area contributed by atoms with E-state index in [1.165, 1.54) is 7.11 Å². The Morgan fingerprint density at radius 2 is 1.70 bits per heavy atom. The van der Waals surface area contributed by atoms with Crippen molar-refractivity contribution in [2.75, 3.05) is 7.11 Å². The van der Waals surface area contributed by atoms with Crippen LogP contribution in [0.15, 0.2) is 30.3 Å². The lowest BCUT2D eigenvalue weighted by Crippen LogP contribution is -2.66. The number of aliphatic hydroxyl groups is 4. The number of hydrogen-bond donors (Lipinski definition) is 4. The van der Waals surface area contributed by atoms with Crippen LogP contribution in [0, 0.1) is 11.8 Å². The van der Waals surface area contributed by atoms with Crippen molar-refractivity contribution in [1.29, 1.82) is 0 Å². The summed E-state index contributed by atoms with van der Waals surface area (Å²) in [5.41, 5.74) is 0.676. The van der Waals surface area contributed by atoms with Gasteiger partial charge in [0.05, 0.1) is 18.6 Å². The van der Waals surface area contributed by atoms with Gasteiger partial charge in [0, 0.05) is 13.5 Å².